The highest BCUT2D eigenvalue weighted by atomic mass is 19.1. The van der Waals surface area contributed by atoms with Gasteiger partial charge in [-0.05, 0) is 18.2 Å². The van der Waals surface area contributed by atoms with Gasteiger partial charge in [-0.3, -0.25) is 4.79 Å². The van der Waals surface area contributed by atoms with Gasteiger partial charge in [-0.2, -0.15) is 0 Å². The van der Waals surface area contributed by atoms with Crippen LogP contribution in [0.5, 0.6) is 0 Å². The van der Waals surface area contributed by atoms with Crippen LogP contribution in [0.4, 0.5) is 10.1 Å². The van der Waals surface area contributed by atoms with E-state index >= 15 is 0 Å². The Morgan fingerprint density at radius 1 is 1.56 bits per heavy atom. The molecule has 0 aromatic heterocycles. The number of anilines is 1. The Bertz CT molecular complexity index is 433. The van der Waals surface area contributed by atoms with Crippen molar-refractivity contribution >= 4 is 11.6 Å². The third-order valence-electron chi connectivity index (χ3n) is 2.80. The van der Waals surface area contributed by atoms with Gasteiger partial charge in [-0.1, -0.05) is 0 Å². The number of amides is 1. The minimum Gasteiger partial charge on any atom is -0.399 e. The number of hydrogen-bond acceptors (Lipinski definition) is 4. The molecule has 1 fully saturated rings. The number of carbonyl (C=O) groups excluding carboxylic acids is 1. The van der Waals surface area contributed by atoms with E-state index in [0.29, 0.717) is 19.7 Å². The first-order valence-electron chi connectivity index (χ1n) is 5.68. The molecule has 1 aliphatic heterocycles. The normalized spacial score (nSPS) is 19.9. The molecule has 98 valence electrons. The van der Waals surface area contributed by atoms with E-state index in [9.17, 15) is 9.18 Å². The lowest BCUT2D eigenvalue weighted by Crippen LogP contribution is -2.46. The van der Waals surface area contributed by atoms with E-state index in [1.54, 1.807) is 0 Å². The number of aliphatic hydroxyl groups is 1. The summed E-state index contributed by atoms with van der Waals surface area (Å²) in [5, 5.41) is 9.01. The Morgan fingerprint density at radius 2 is 2.33 bits per heavy atom. The Labute approximate surface area is 104 Å². The number of ether oxygens (including phenoxy) is 1. The summed E-state index contributed by atoms with van der Waals surface area (Å²) in [6.45, 7) is 0.939. The van der Waals surface area contributed by atoms with Crippen LogP contribution >= 0.6 is 0 Å². The molecular weight excluding hydrogens is 239 g/mol. The molecule has 5 nitrogen and oxygen atoms in total. The maximum atomic E-state index is 13.2. The zero-order valence-corrected chi connectivity index (χ0v) is 9.80. The van der Waals surface area contributed by atoms with Gasteiger partial charge in [-0.15, -0.1) is 0 Å². The first-order valence-corrected chi connectivity index (χ1v) is 5.68. The molecule has 1 aromatic carbocycles. The summed E-state index contributed by atoms with van der Waals surface area (Å²) in [4.78, 5) is 13.7. The van der Waals surface area contributed by atoms with Crippen LogP contribution in [0.25, 0.3) is 0 Å². The summed E-state index contributed by atoms with van der Waals surface area (Å²) in [5.41, 5.74) is 5.93. The predicted octanol–water partition coefficient (Wildman–Crippen LogP) is 0.241. The standard InChI is InChI=1S/C12H15FN2O3/c13-9-3-8(4-10(14)5-9)12(17)15-1-2-18-11(6-15)7-16/h3-5,11,16H,1-2,6-7,14H2. The van der Waals surface area contributed by atoms with Gasteiger partial charge in [0.2, 0.25) is 0 Å². The molecule has 6 heteroatoms. The van der Waals surface area contributed by atoms with Crippen molar-refractivity contribution in [2.45, 2.75) is 6.10 Å². The van der Waals surface area contributed by atoms with Crippen molar-refractivity contribution in [1.29, 1.82) is 0 Å². The molecule has 1 amide bonds. The van der Waals surface area contributed by atoms with Crippen LogP contribution in [-0.2, 0) is 4.74 Å². The summed E-state index contributed by atoms with van der Waals surface area (Å²) in [6, 6.07) is 3.75. The topological polar surface area (TPSA) is 75.8 Å². The summed E-state index contributed by atoms with van der Waals surface area (Å²) >= 11 is 0. The number of morpholine rings is 1. The van der Waals surface area contributed by atoms with E-state index < -0.39 is 5.82 Å². The lowest BCUT2D eigenvalue weighted by Gasteiger charge is -2.32. The molecular formula is C12H15FN2O3. The summed E-state index contributed by atoms with van der Waals surface area (Å²) in [6.07, 6.45) is -0.381. The maximum Gasteiger partial charge on any atom is 0.254 e. The van der Waals surface area contributed by atoms with Crippen molar-refractivity contribution in [1.82, 2.24) is 4.90 Å². The Hall–Kier alpha value is -1.66. The van der Waals surface area contributed by atoms with Gasteiger partial charge >= 0.3 is 0 Å². The molecule has 1 atom stereocenters. The summed E-state index contributed by atoms with van der Waals surface area (Å²) in [7, 11) is 0. The molecule has 1 saturated heterocycles. The molecule has 18 heavy (non-hydrogen) atoms. The van der Waals surface area contributed by atoms with Gasteiger partial charge in [0.05, 0.1) is 19.3 Å². The number of hydrogen-bond donors (Lipinski definition) is 2. The first kappa shape index (κ1) is 12.8. The molecule has 0 aliphatic carbocycles. The van der Waals surface area contributed by atoms with Crippen molar-refractivity contribution < 1.29 is 19.0 Å². The van der Waals surface area contributed by atoms with E-state index in [1.165, 1.54) is 11.0 Å². The molecule has 1 aromatic rings. The van der Waals surface area contributed by atoms with Gasteiger partial charge in [0, 0.05) is 24.3 Å². The Balaban J connectivity index is 2.15. The molecule has 0 spiro atoms. The van der Waals surface area contributed by atoms with Crippen molar-refractivity contribution in [3.63, 3.8) is 0 Å². The zero-order chi connectivity index (χ0) is 13.1. The molecule has 0 bridgehead atoms. The van der Waals surface area contributed by atoms with Crippen molar-refractivity contribution in [2.75, 3.05) is 32.0 Å². The second kappa shape index (κ2) is 5.32. The van der Waals surface area contributed by atoms with Crippen LogP contribution in [0.3, 0.4) is 0 Å². The predicted molar refractivity (Wildman–Crippen MR) is 63.5 cm³/mol. The summed E-state index contributed by atoms with van der Waals surface area (Å²) < 4.78 is 18.4. The number of nitrogens with two attached hydrogens (primary N) is 1. The maximum absolute atomic E-state index is 13.2. The highest BCUT2D eigenvalue weighted by Crippen LogP contribution is 2.15. The van der Waals surface area contributed by atoms with E-state index in [1.807, 2.05) is 0 Å². The van der Waals surface area contributed by atoms with Gasteiger partial charge in [0.15, 0.2) is 0 Å². The number of benzene rings is 1. The van der Waals surface area contributed by atoms with Crippen LogP contribution in [0.15, 0.2) is 18.2 Å². The van der Waals surface area contributed by atoms with E-state index in [0.717, 1.165) is 12.1 Å². The van der Waals surface area contributed by atoms with Gasteiger partial charge in [0.25, 0.3) is 5.91 Å². The number of halogens is 1. The molecule has 1 aliphatic rings. The number of carbonyl (C=O) groups is 1. The number of rotatable bonds is 2. The number of aliphatic hydroxyl groups excluding tert-OH is 1. The quantitative estimate of drug-likeness (QED) is 0.741. The molecule has 2 rings (SSSR count). The van der Waals surface area contributed by atoms with Gasteiger partial charge < -0.3 is 20.5 Å². The second-order valence-corrected chi connectivity index (χ2v) is 4.20. The smallest absolute Gasteiger partial charge is 0.254 e. The molecule has 1 heterocycles. The monoisotopic (exact) mass is 254 g/mol. The fourth-order valence-corrected chi connectivity index (χ4v) is 1.93. The van der Waals surface area contributed by atoms with E-state index in [4.69, 9.17) is 15.6 Å². The van der Waals surface area contributed by atoms with Gasteiger partial charge in [0.1, 0.15) is 5.82 Å². The minimum atomic E-state index is -0.537. The van der Waals surface area contributed by atoms with Crippen LogP contribution in [0, 0.1) is 5.82 Å². The van der Waals surface area contributed by atoms with Gasteiger partial charge in [-0.25, -0.2) is 4.39 Å². The number of nitrogen functional groups attached to an aromatic ring is 1. The molecule has 0 radical (unpaired) electrons. The SMILES string of the molecule is Nc1cc(F)cc(C(=O)N2CCOC(CO)C2)c1. The Kier molecular flexibility index (Phi) is 3.78. The van der Waals surface area contributed by atoms with Crippen molar-refractivity contribution in [3.05, 3.63) is 29.6 Å². The lowest BCUT2D eigenvalue weighted by molar-refractivity contribution is -0.0447. The van der Waals surface area contributed by atoms with Crippen LogP contribution < -0.4 is 5.73 Å². The highest BCUT2D eigenvalue weighted by molar-refractivity contribution is 5.95. The Morgan fingerprint density at radius 3 is 3.00 bits per heavy atom. The fourth-order valence-electron chi connectivity index (χ4n) is 1.93. The third-order valence-corrected chi connectivity index (χ3v) is 2.80. The fraction of sp³-hybridized carbons (Fsp3) is 0.417. The minimum absolute atomic E-state index is 0.144. The van der Waals surface area contributed by atoms with Crippen molar-refractivity contribution in [2.24, 2.45) is 0 Å². The second-order valence-electron chi connectivity index (χ2n) is 4.20. The van der Waals surface area contributed by atoms with E-state index in [-0.39, 0.29) is 29.9 Å². The average Bonchev–Trinajstić information content (AvgIpc) is 2.37. The highest BCUT2D eigenvalue weighted by Gasteiger charge is 2.24. The average molecular weight is 254 g/mol. The first-order chi connectivity index (χ1) is 8.60. The lowest BCUT2D eigenvalue weighted by atomic mass is 10.1. The van der Waals surface area contributed by atoms with E-state index in [2.05, 4.69) is 0 Å². The molecule has 0 saturated carbocycles. The summed E-state index contributed by atoms with van der Waals surface area (Å²) in [5.74, 6) is -0.840. The van der Waals surface area contributed by atoms with Crippen LogP contribution in [-0.4, -0.2) is 48.3 Å². The molecule has 1 unspecified atom stereocenters. The van der Waals surface area contributed by atoms with Crippen LogP contribution in [0.2, 0.25) is 0 Å². The van der Waals surface area contributed by atoms with Crippen LogP contribution in [0.1, 0.15) is 10.4 Å². The zero-order valence-electron chi connectivity index (χ0n) is 9.80. The molecule has 3 N–H and O–H groups in total. The van der Waals surface area contributed by atoms with Crippen molar-refractivity contribution in [3.8, 4) is 0 Å². The number of nitrogens with zero attached hydrogens (tertiary/aromatic N) is 1. The third kappa shape index (κ3) is 2.77. The largest absolute Gasteiger partial charge is 0.399 e.